The first kappa shape index (κ1) is 26.2. The van der Waals surface area contributed by atoms with Crippen LogP contribution in [0.2, 0.25) is 0 Å². The second-order valence-corrected chi connectivity index (χ2v) is 9.29. The monoisotopic (exact) mass is 492 g/mol. The summed E-state index contributed by atoms with van der Waals surface area (Å²) in [6.07, 6.45) is 5.28. The Kier molecular flexibility index (Phi) is 9.15. The van der Waals surface area contributed by atoms with Gasteiger partial charge in [-0.2, -0.15) is 0 Å². The van der Waals surface area contributed by atoms with Gasteiger partial charge in [0.05, 0.1) is 0 Å². The normalized spacial score (nSPS) is 10.8. The average Bonchev–Trinajstić information content (AvgIpc) is 2.93. The van der Waals surface area contributed by atoms with Crippen LogP contribution in [-0.2, 0) is 19.3 Å². The predicted octanol–water partition coefficient (Wildman–Crippen LogP) is 9.46. The van der Waals surface area contributed by atoms with Crippen LogP contribution in [0.4, 0.5) is 4.79 Å². The molecule has 0 bridgehead atoms. The third kappa shape index (κ3) is 6.29. The summed E-state index contributed by atoms with van der Waals surface area (Å²) >= 11 is 0. The van der Waals surface area contributed by atoms with Gasteiger partial charge in [0.1, 0.15) is 11.5 Å². The summed E-state index contributed by atoms with van der Waals surface area (Å²) < 4.78 is 11.8. The molecule has 0 amide bonds. The van der Waals surface area contributed by atoms with Gasteiger partial charge in [0.2, 0.25) is 0 Å². The molecule has 0 radical (unpaired) electrons. The zero-order valence-electron chi connectivity index (χ0n) is 22.1. The van der Waals surface area contributed by atoms with Gasteiger partial charge in [-0.1, -0.05) is 119 Å². The molecule has 3 heteroatoms. The van der Waals surface area contributed by atoms with Crippen molar-refractivity contribution in [2.45, 2.75) is 59.3 Å². The lowest BCUT2D eigenvalue weighted by atomic mass is 9.91. The molecule has 4 aromatic carbocycles. The first-order chi connectivity index (χ1) is 18.2. The number of hydrogen-bond donors (Lipinski definition) is 0. The molecule has 0 saturated carbocycles. The van der Waals surface area contributed by atoms with Gasteiger partial charge in [-0.15, -0.1) is 0 Å². The molecule has 0 fully saturated rings. The van der Waals surface area contributed by atoms with Crippen molar-refractivity contribution in [3.05, 3.63) is 108 Å². The molecule has 190 valence electrons. The van der Waals surface area contributed by atoms with Crippen LogP contribution >= 0.6 is 0 Å². The molecule has 0 saturated heterocycles. The van der Waals surface area contributed by atoms with Crippen molar-refractivity contribution >= 4 is 6.16 Å². The second-order valence-electron chi connectivity index (χ2n) is 9.29. The maximum absolute atomic E-state index is 13.2. The molecular weight excluding hydrogens is 456 g/mol. The van der Waals surface area contributed by atoms with E-state index in [1.807, 2.05) is 66.7 Å². The van der Waals surface area contributed by atoms with Gasteiger partial charge >= 0.3 is 6.16 Å². The summed E-state index contributed by atoms with van der Waals surface area (Å²) in [6, 6.07) is 30.0. The summed E-state index contributed by atoms with van der Waals surface area (Å²) in [5, 5.41) is 0. The number of ether oxygens (including phenoxy) is 2. The van der Waals surface area contributed by atoms with Crippen molar-refractivity contribution in [1.82, 2.24) is 0 Å². The standard InChI is InChI=1S/C34H36O3/c1-4-14-25-23-24-31(30(16-6-3)28(25)15-5-2)36-34(35)37-32-22-13-21-29(26-17-9-7-10-18-26)33(32)27-19-11-8-12-20-27/h7-13,17-24H,4-6,14-16H2,1-3H3. The van der Waals surface area contributed by atoms with Crippen LogP contribution in [0.15, 0.2) is 91.0 Å². The van der Waals surface area contributed by atoms with Crippen molar-refractivity contribution in [2.24, 2.45) is 0 Å². The van der Waals surface area contributed by atoms with E-state index in [0.717, 1.165) is 66.3 Å². The zero-order chi connectivity index (χ0) is 26.0. The summed E-state index contributed by atoms with van der Waals surface area (Å²) in [4.78, 5) is 13.2. The molecule has 0 spiro atoms. The van der Waals surface area contributed by atoms with E-state index in [2.05, 4.69) is 45.0 Å². The SMILES string of the molecule is CCCc1ccc(OC(=O)Oc2cccc(-c3ccccc3)c2-c2ccccc2)c(CCC)c1CCC. The number of aryl methyl sites for hydroxylation is 1. The highest BCUT2D eigenvalue weighted by Crippen LogP contribution is 2.39. The van der Waals surface area contributed by atoms with E-state index in [0.29, 0.717) is 11.5 Å². The lowest BCUT2D eigenvalue weighted by Crippen LogP contribution is -2.16. The fraction of sp³-hybridized carbons (Fsp3) is 0.265. The van der Waals surface area contributed by atoms with Crippen LogP contribution in [-0.4, -0.2) is 6.16 Å². The van der Waals surface area contributed by atoms with E-state index in [-0.39, 0.29) is 0 Å². The van der Waals surface area contributed by atoms with Crippen LogP contribution < -0.4 is 9.47 Å². The highest BCUT2D eigenvalue weighted by molar-refractivity contribution is 5.89. The maximum atomic E-state index is 13.2. The van der Waals surface area contributed by atoms with Crippen LogP contribution in [0.1, 0.15) is 56.7 Å². The minimum absolute atomic E-state index is 0.478. The van der Waals surface area contributed by atoms with Crippen molar-refractivity contribution in [1.29, 1.82) is 0 Å². The van der Waals surface area contributed by atoms with Gasteiger partial charge < -0.3 is 9.47 Å². The second kappa shape index (κ2) is 12.9. The molecule has 0 N–H and O–H groups in total. The molecule has 0 aliphatic heterocycles. The molecule has 3 nitrogen and oxygen atoms in total. The minimum Gasteiger partial charge on any atom is -0.394 e. The first-order valence-electron chi connectivity index (χ1n) is 13.4. The van der Waals surface area contributed by atoms with Crippen molar-refractivity contribution < 1.29 is 14.3 Å². The number of hydrogen-bond acceptors (Lipinski definition) is 3. The van der Waals surface area contributed by atoms with E-state index in [1.54, 1.807) is 0 Å². The Labute approximate surface area is 221 Å². The average molecular weight is 493 g/mol. The lowest BCUT2D eigenvalue weighted by molar-refractivity contribution is 0.151. The molecule has 0 heterocycles. The Morgan fingerprint density at radius 2 is 1.16 bits per heavy atom. The third-order valence-electron chi connectivity index (χ3n) is 6.56. The Balaban J connectivity index is 1.70. The third-order valence-corrected chi connectivity index (χ3v) is 6.56. The molecule has 0 atom stereocenters. The Bertz CT molecular complexity index is 1310. The zero-order valence-corrected chi connectivity index (χ0v) is 22.1. The van der Waals surface area contributed by atoms with E-state index < -0.39 is 6.16 Å². The lowest BCUT2D eigenvalue weighted by Gasteiger charge is -2.19. The van der Waals surface area contributed by atoms with Crippen LogP contribution in [0.3, 0.4) is 0 Å². The molecule has 0 unspecified atom stereocenters. The molecule has 37 heavy (non-hydrogen) atoms. The largest absolute Gasteiger partial charge is 0.519 e. The topological polar surface area (TPSA) is 35.5 Å². The molecule has 0 aromatic heterocycles. The smallest absolute Gasteiger partial charge is 0.394 e. The Hall–Kier alpha value is -3.85. The molecule has 0 aliphatic carbocycles. The maximum Gasteiger partial charge on any atom is 0.519 e. The van der Waals surface area contributed by atoms with Gasteiger partial charge in [-0.05, 0) is 64.8 Å². The van der Waals surface area contributed by atoms with Crippen molar-refractivity contribution in [3.8, 4) is 33.8 Å². The molecule has 4 rings (SSSR count). The van der Waals surface area contributed by atoms with E-state index in [9.17, 15) is 4.79 Å². The highest BCUT2D eigenvalue weighted by Gasteiger charge is 2.20. The van der Waals surface area contributed by atoms with E-state index in [1.165, 1.54) is 11.1 Å². The Morgan fingerprint density at radius 3 is 1.81 bits per heavy atom. The van der Waals surface area contributed by atoms with Gasteiger partial charge in [-0.3, -0.25) is 0 Å². The molecule has 0 aliphatic rings. The van der Waals surface area contributed by atoms with Gasteiger partial charge in [0, 0.05) is 5.56 Å². The van der Waals surface area contributed by atoms with Gasteiger partial charge in [0.15, 0.2) is 0 Å². The van der Waals surface area contributed by atoms with E-state index >= 15 is 0 Å². The number of benzene rings is 4. The van der Waals surface area contributed by atoms with Crippen molar-refractivity contribution in [2.75, 3.05) is 0 Å². The fourth-order valence-corrected chi connectivity index (χ4v) is 4.98. The van der Waals surface area contributed by atoms with Crippen LogP contribution in [0, 0.1) is 0 Å². The molecular formula is C34H36O3. The van der Waals surface area contributed by atoms with Crippen LogP contribution in [0.25, 0.3) is 22.3 Å². The highest BCUT2D eigenvalue weighted by atomic mass is 16.7. The van der Waals surface area contributed by atoms with E-state index in [4.69, 9.17) is 9.47 Å². The fourth-order valence-electron chi connectivity index (χ4n) is 4.98. The summed E-state index contributed by atoms with van der Waals surface area (Å²) in [7, 11) is 0. The number of carbonyl (C=O) groups is 1. The van der Waals surface area contributed by atoms with Crippen molar-refractivity contribution in [3.63, 3.8) is 0 Å². The summed E-state index contributed by atoms with van der Waals surface area (Å²) in [6.45, 7) is 6.55. The predicted molar refractivity (Wildman–Crippen MR) is 152 cm³/mol. The minimum atomic E-state index is -0.717. The summed E-state index contributed by atoms with van der Waals surface area (Å²) in [5.74, 6) is 1.08. The van der Waals surface area contributed by atoms with Crippen LogP contribution in [0.5, 0.6) is 11.5 Å². The van der Waals surface area contributed by atoms with Gasteiger partial charge in [0.25, 0.3) is 0 Å². The van der Waals surface area contributed by atoms with Gasteiger partial charge in [-0.25, -0.2) is 4.79 Å². The quantitative estimate of drug-likeness (QED) is 0.163. The first-order valence-corrected chi connectivity index (χ1v) is 13.4. The Morgan fingerprint density at radius 1 is 0.568 bits per heavy atom. The summed E-state index contributed by atoms with van der Waals surface area (Å²) in [5.41, 5.74) is 7.71. The number of rotatable bonds is 10. The molecule has 4 aromatic rings. The number of carbonyl (C=O) groups excluding carboxylic acids is 1.